The number of anilines is 1. The lowest BCUT2D eigenvalue weighted by Crippen LogP contribution is -2.29. The molecule has 1 N–H and O–H groups in total. The molecule has 2 aromatic rings. The number of rotatable bonds is 9. The summed E-state index contributed by atoms with van der Waals surface area (Å²) in [5.41, 5.74) is 1.94. The summed E-state index contributed by atoms with van der Waals surface area (Å²) in [6.45, 7) is 9.83. The molecule has 0 atom stereocenters. The number of unbranched alkanes of at least 4 members (excludes halogenated alkanes) is 1. The molecule has 0 bridgehead atoms. The van der Waals surface area contributed by atoms with Gasteiger partial charge < -0.3 is 10.2 Å². The second kappa shape index (κ2) is 9.15. The predicted octanol–water partition coefficient (Wildman–Crippen LogP) is 3.25. The fourth-order valence-corrected chi connectivity index (χ4v) is 3.62. The van der Waals surface area contributed by atoms with Crippen LogP contribution in [0, 0.1) is 5.92 Å². The minimum Gasteiger partial charge on any atom is -0.369 e. The molecule has 1 aliphatic heterocycles. The molecule has 0 unspecified atom stereocenters. The van der Waals surface area contributed by atoms with Crippen molar-refractivity contribution in [1.82, 2.24) is 24.6 Å². The molecule has 3 heterocycles. The van der Waals surface area contributed by atoms with E-state index >= 15 is 0 Å². The van der Waals surface area contributed by atoms with E-state index in [4.69, 9.17) is 5.10 Å². The van der Waals surface area contributed by atoms with Crippen molar-refractivity contribution >= 4 is 22.8 Å². The van der Waals surface area contributed by atoms with E-state index in [2.05, 4.69) is 36.1 Å². The lowest BCUT2D eigenvalue weighted by molar-refractivity contribution is -0.129. The number of carbonyl (C=O) groups is 1. The molecular formula is C20H32N6O. The molecule has 3 rings (SSSR count). The Hall–Kier alpha value is -2.18. The number of aryl methyl sites for hydroxylation is 1. The van der Waals surface area contributed by atoms with Crippen molar-refractivity contribution in [2.24, 2.45) is 5.92 Å². The van der Waals surface area contributed by atoms with Gasteiger partial charge in [0.05, 0.1) is 11.1 Å². The zero-order valence-corrected chi connectivity index (χ0v) is 16.9. The third kappa shape index (κ3) is 4.76. The van der Waals surface area contributed by atoms with E-state index in [-0.39, 0.29) is 5.91 Å². The summed E-state index contributed by atoms with van der Waals surface area (Å²) in [6, 6.07) is 0. The highest BCUT2D eigenvalue weighted by molar-refractivity contribution is 5.89. The van der Waals surface area contributed by atoms with Crippen LogP contribution in [0.3, 0.4) is 0 Å². The molecule has 0 aliphatic carbocycles. The number of hydrogen-bond donors (Lipinski definition) is 1. The fraction of sp³-hybridized carbons (Fsp3) is 0.700. The number of amides is 1. The first-order valence-electron chi connectivity index (χ1n) is 10.3. The third-order valence-electron chi connectivity index (χ3n) is 5.02. The van der Waals surface area contributed by atoms with Crippen molar-refractivity contribution in [3.63, 3.8) is 0 Å². The van der Waals surface area contributed by atoms with Crippen LogP contribution in [0.2, 0.25) is 0 Å². The van der Waals surface area contributed by atoms with Gasteiger partial charge in [0.15, 0.2) is 5.65 Å². The molecule has 1 fully saturated rings. The van der Waals surface area contributed by atoms with Crippen LogP contribution in [-0.4, -0.2) is 50.2 Å². The normalized spacial score (nSPS) is 14.4. The second-order valence-corrected chi connectivity index (χ2v) is 7.81. The van der Waals surface area contributed by atoms with Crippen LogP contribution in [0.25, 0.3) is 11.0 Å². The van der Waals surface area contributed by atoms with Crippen LogP contribution in [0.15, 0.2) is 6.33 Å². The van der Waals surface area contributed by atoms with E-state index in [1.165, 1.54) is 0 Å². The van der Waals surface area contributed by atoms with Crippen LogP contribution in [0.1, 0.15) is 58.6 Å². The largest absolute Gasteiger partial charge is 0.369 e. The minimum absolute atomic E-state index is 0.228. The lowest BCUT2D eigenvalue weighted by atomic mass is 10.1. The summed E-state index contributed by atoms with van der Waals surface area (Å²) in [4.78, 5) is 23.2. The van der Waals surface area contributed by atoms with Crippen LogP contribution in [-0.2, 0) is 17.8 Å². The quantitative estimate of drug-likeness (QED) is 0.731. The molecular weight excluding hydrogens is 340 g/mol. The summed E-state index contributed by atoms with van der Waals surface area (Å²) >= 11 is 0. The zero-order chi connectivity index (χ0) is 19.2. The van der Waals surface area contributed by atoms with Crippen LogP contribution >= 0.6 is 0 Å². The molecule has 1 saturated heterocycles. The zero-order valence-electron chi connectivity index (χ0n) is 16.9. The first-order valence-corrected chi connectivity index (χ1v) is 10.3. The van der Waals surface area contributed by atoms with Gasteiger partial charge in [-0.15, -0.1) is 0 Å². The molecule has 7 heteroatoms. The summed E-state index contributed by atoms with van der Waals surface area (Å²) in [5, 5.41) is 9.22. The number of aromatic nitrogens is 4. The number of nitrogens with zero attached hydrogens (tertiary/aromatic N) is 5. The Morgan fingerprint density at radius 1 is 1.26 bits per heavy atom. The molecule has 0 radical (unpaired) electrons. The molecule has 0 spiro atoms. The molecule has 27 heavy (non-hydrogen) atoms. The van der Waals surface area contributed by atoms with Gasteiger partial charge in [-0.3, -0.25) is 4.79 Å². The summed E-state index contributed by atoms with van der Waals surface area (Å²) in [7, 11) is 0. The Labute approximate surface area is 161 Å². The Morgan fingerprint density at radius 2 is 2.04 bits per heavy atom. The second-order valence-electron chi connectivity index (χ2n) is 7.81. The van der Waals surface area contributed by atoms with Crippen LogP contribution < -0.4 is 5.32 Å². The maximum atomic E-state index is 12.3. The monoisotopic (exact) mass is 372 g/mol. The highest BCUT2D eigenvalue weighted by Gasteiger charge is 2.19. The standard InChI is InChI=1S/C20H32N6O/c1-4-5-12-26-20-18(16(24-26)13-15(2)3)19(22-14-23-20)21-9-8-17(27)25-10-6-7-11-25/h14-15H,4-13H2,1-3H3,(H,21,22,23). The van der Waals surface area contributed by atoms with Gasteiger partial charge >= 0.3 is 0 Å². The fourth-order valence-electron chi connectivity index (χ4n) is 3.62. The number of nitrogens with one attached hydrogen (secondary N) is 1. The Kier molecular flexibility index (Phi) is 6.63. The van der Waals surface area contributed by atoms with E-state index in [9.17, 15) is 4.79 Å². The Bertz CT molecular complexity index is 763. The molecule has 148 valence electrons. The van der Waals surface area contributed by atoms with E-state index in [0.717, 1.165) is 74.3 Å². The first-order chi connectivity index (χ1) is 13.1. The van der Waals surface area contributed by atoms with E-state index in [1.807, 2.05) is 9.58 Å². The van der Waals surface area contributed by atoms with Crippen molar-refractivity contribution in [2.45, 2.75) is 65.8 Å². The topological polar surface area (TPSA) is 75.9 Å². The van der Waals surface area contributed by atoms with Crippen LogP contribution in [0.4, 0.5) is 5.82 Å². The van der Waals surface area contributed by atoms with E-state index < -0.39 is 0 Å². The van der Waals surface area contributed by atoms with Gasteiger partial charge in [-0.25, -0.2) is 14.6 Å². The number of likely N-dealkylation sites (tertiary alicyclic amines) is 1. The molecule has 1 amide bonds. The Morgan fingerprint density at radius 3 is 2.74 bits per heavy atom. The van der Waals surface area contributed by atoms with Gasteiger partial charge in [0.2, 0.25) is 5.91 Å². The molecule has 0 aromatic carbocycles. The van der Waals surface area contributed by atoms with Crippen molar-refractivity contribution in [3.8, 4) is 0 Å². The SMILES string of the molecule is CCCCn1nc(CC(C)C)c2c(NCCC(=O)N3CCCC3)ncnc21. The maximum absolute atomic E-state index is 12.3. The lowest BCUT2D eigenvalue weighted by Gasteiger charge is -2.15. The van der Waals surface area contributed by atoms with Gasteiger partial charge in [-0.05, 0) is 31.6 Å². The van der Waals surface area contributed by atoms with E-state index in [1.54, 1.807) is 6.33 Å². The Balaban J connectivity index is 1.77. The third-order valence-corrected chi connectivity index (χ3v) is 5.02. The van der Waals surface area contributed by atoms with Gasteiger partial charge in [0.25, 0.3) is 0 Å². The van der Waals surface area contributed by atoms with Crippen molar-refractivity contribution < 1.29 is 4.79 Å². The highest BCUT2D eigenvalue weighted by Crippen LogP contribution is 2.26. The van der Waals surface area contributed by atoms with Gasteiger partial charge in [-0.2, -0.15) is 5.10 Å². The minimum atomic E-state index is 0.228. The van der Waals surface area contributed by atoms with E-state index in [0.29, 0.717) is 18.9 Å². The summed E-state index contributed by atoms with van der Waals surface area (Å²) in [6.07, 6.45) is 7.43. The predicted molar refractivity (Wildman–Crippen MR) is 108 cm³/mol. The highest BCUT2D eigenvalue weighted by atomic mass is 16.2. The molecule has 0 saturated carbocycles. The molecule has 7 nitrogen and oxygen atoms in total. The van der Waals surface area contributed by atoms with Gasteiger partial charge in [-0.1, -0.05) is 27.2 Å². The van der Waals surface area contributed by atoms with Crippen LogP contribution in [0.5, 0.6) is 0 Å². The van der Waals surface area contributed by atoms with Gasteiger partial charge in [0, 0.05) is 32.6 Å². The smallest absolute Gasteiger partial charge is 0.224 e. The summed E-state index contributed by atoms with van der Waals surface area (Å²) in [5.74, 6) is 1.53. The van der Waals surface area contributed by atoms with Gasteiger partial charge in [0.1, 0.15) is 12.1 Å². The number of hydrogen-bond acceptors (Lipinski definition) is 5. The average Bonchev–Trinajstić information content (AvgIpc) is 3.29. The van der Waals surface area contributed by atoms with Crippen molar-refractivity contribution in [1.29, 1.82) is 0 Å². The van der Waals surface area contributed by atoms with Crippen molar-refractivity contribution in [3.05, 3.63) is 12.0 Å². The summed E-state index contributed by atoms with van der Waals surface area (Å²) < 4.78 is 2.01. The molecule has 2 aromatic heterocycles. The maximum Gasteiger partial charge on any atom is 0.224 e. The number of fused-ring (bicyclic) bond motifs is 1. The average molecular weight is 373 g/mol. The van der Waals surface area contributed by atoms with Crippen molar-refractivity contribution in [2.75, 3.05) is 25.0 Å². The first kappa shape index (κ1) is 19.6. The molecule has 1 aliphatic rings. The number of carbonyl (C=O) groups excluding carboxylic acids is 1.